The summed E-state index contributed by atoms with van der Waals surface area (Å²) in [6.07, 6.45) is 1.33. The molecule has 6 heteroatoms. The second-order valence-corrected chi connectivity index (χ2v) is 6.74. The van der Waals surface area contributed by atoms with Crippen molar-refractivity contribution >= 4 is 6.03 Å². The van der Waals surface area contributed by atoms with Gasteiger partial charge in [0, 0.05) is 24.9 Å². The Morgan fingerprint density at radius 2 is 1.91 bits per heavy atom. The van der Waals surface area contributed by atoms with Gasteiger partial charge in [-0.2, -0.15) is 5.10 Å². The Morgan fingerprint density at radius 3 is 2.57 bits per heavy atom. The van der Waals surface area contributed by atoms with Crippen molar-refractivity contribution in [3.63, 3.8) is 0 Å². The molecule has 0 saturated carbocycles. The second-order valence-electron chi connectivity index (χ2n) is 6.74. The van der Waals surface area contributed by atoms with E-state index in [1.807, 2.05) is 20.8 Å². The lowest BCUT2D eigenvalue weighted by molar-refractivity contribution is 0.232. The van der Waals surface area contributed by atoms with Crippen LogP contribution in [0.15, 0.2) is 24.3 Å². The zero-order chi connectivity index (χ0) is 16.9. The molecule has 0 aliphatic heterocycles. The van der Waals surface area contributed by atoms with Gasteiger partial charge >= 0.3 is 6.03 Å². The summed E-state index contributed by atoms with van der Waals surface area (Å²) in [6, 6.07) is 8.19. The van der Waals surface area contributed by atoms with Crippen LogP contribution in [0, 0.1) is 6.92 Å². The summed E-state index contributed by atoms with van der Waals surface area (Å²) in [6.45, 7) is 8.40. The van der Waals surface area contributed by atoms with Gasteiger partial charge in [-0.25, -0.2) is 9.78 Å². The first-order chi connectivity index (χ1) is 10.8. The predicted octanol–water partition coefficient (Wildman–Crippen LogP) is 2.34. The highest BCUT2D eigenvalue weighted by molar-refractivity contribution is 5.74. The first kappa shape index (κ1) is 17.0. The standard InChI is InChI=1S/C17H25N5O/c1-12-5-7-13(8-6-12)11-15-19-14(21-22-15)9-10-18-16(23)20-17(2,3)4/h5-8H,9-11H2,1-4H3,(H2,18,20,23)(H,19,21,22). The van der Waals surface area contributed by atoms with Crippen LogP contribution in [0.3, 0.4) is 0 Å². The fraction of sp³-hybridized carbons (Fsp3) is 0.471. The molecule has 0 atom stereocenters. The molecule has 2 aromatic rings. The van der Waals surface area contributed by atoms with Crippen molar-refractivity contribution in [2.75, 3.05) is 6.54 Å². The number of nitrogens with one attached hydrogen (secondary N) is 3. The molecular weight excluding hydrogens is 290 g/mol. The fourth-order valence-electron chi connectivity index (χ4n) is 2.10. The van der Waals surface area contributed by atoms with Crippen LogP contribution in [0.25, 0.3) is 0 Å². The number of nitrogens with zero attached hydrogens (tertiary/aromatic N) is 2. The number of amides is 2. The number of hydrogen-bond donors (Lipinski definition) is 3. The summed E-state index contributed by atoms with van der Waals surface area (Å²) in [5, 5.41) is 12.8. The van der Waals surface area contributed by atoms with Crippen LogP contribution in [0.1, 0.15) is 43.5 Å². The number of aromatic amines is 1. The van der Waals surface area contributed by atoms with Gasteiger partial charge in [0.1, 0.15) is 5.82 Å². The maximum atomic E-state index is 11.7. The number of rotatable bonds is 5. The zero-order valence-electron chi connectivity index (χ0n) is 14.2. The van der Waals surface area contributed by atoms with Crippen LogP contribution in [-0.4, -0.2) is 33.3 Å². The molecule has 1 heterocycles. The van der Waals surface area contributed by atoms with Crippen molar-refractivity contribution in [1.29, 1.82) is 0 Å². The zero-order valence-corrected chi connectivity index (χ0v) is 14.2. The van der Waals surface area contributed by atoms with Gasteiger partial charge < -0.3 is 10.6 Å². The molecule has 0 fully saturated rings. The molecule has 1 aromatic carbocycles. The van der Waals surface area contributed by atoms with E-state index in [0.717, 1.165) is 12.2 Å². The highest BCUT2D eigenvalue weighted by Crippen LogP contribution is 2.07. The van der Waals surface area contributed by atoms with Crippen molar-refractivity contribution in [1.82, 2.24) is 25.8 Å². The van der Waals surface area contributed by atoms with E-state index in [1.165, 1.54) is 11.1 Å². The fourth-order valence-corrected chi connectivity index (χ4v) is 2.10. The Morgan fingerprint density at radius 1 is 1.22 bits per heavy atom. The molecule has 3 N–H and O–H groups in total. The van der Waals surface area contributed by atoms with E-state index in [0.29, 0.717) is 18.8 Å². The van der Waals surface area contributed by atoms with Gasteiger partial charge in [-0.15, -0.1) is 0 Å². The third-order valence-corrected chi connectivity index (χ3v) is 3.19. The maximum absolute atomic E-state index is 11.7. The number of hydrogen-bond acceptors (Lipinski definition) is 3. The minimum absolute atomic E-state index is 0.173. The molecule has 0 radical (unpaired) electrons. The Balaban J connectivity index is 1.78. The van der Waals surface area contributed by atoms with E-state index < -0.39 is 0 Å². The summed E-state index contributed by atoms with van der Waals surface area (Å²) in [4.78, 5) is 16.1. The minimum atomic E-state index is -0.240. The van der Waals surface area contributed by atoms with E-state index >= 15 is 0 Å². The topological polar surface area (TPSA) is 82.7 Å². The monoisotopic (exact) mass is 315 g/mol. The molecule has 0 saturated heterocycles. The summed E-state index contributed by atoms with van der Waals surface area (Å²) >= 11 is 0. The average Bonchev–Trinajstić information content (AvgIpc) is 2.87. The molecule has 0 aliphatic rings. The molecule has 2 rings (SSSR count). The predicted molar refractivity (Wildman–Crippen MR) is 90.4 cm³/mol. The molecule has 0 spiro atoms. The van der Waals surface area contributed by atoms with Crippen molar-refractivity contribution in [3.05, 3.63) is 47.0 Å². The molecule has 2 amide bonds. The lowest BCUT2D eigenvalue weighted by Gasteiger charge is -2.20. The van der Waals surface area contributed by atoms with E-state index in [9.17, 15) is 4.79 Å². The lowest BCUT2D eigenvalue weighted by atomic mass is 10.1. The summed E-state index contributed by atoms with van der Waals surface area (Å²) in [5.41, 5.74) is 2.20. The third-order valence-electron chi connectivity index (χ3n) is 3.19. The second kappa shape index (κ2) is 7.26. The quantitative estimate of drug-likeness (QED) is 0.792. The van der Waals surface area contributed by atoms with Crippen molar-refractivity contribution in [2.24, 2.45) is 0 Å². The SMILES string of the molecule is Cc1ccc(Cc2nc(CCNC(=O)NC(C)(C)C)n[nH]2)cc1. The Kier molecular flexibility index (Phi) is 5.36. The Bertz CT molecular complexity index is 640. The van der Waals surface area contributed by atoms with Crippen molar-refractivity contribution < 1.29 is 4.79 Å². The molecule has 23 heavy (non-hydrogen) atoms. The normalized spacial score (nSPS) is 11.3. The van der Waals surface area contributed by atoms with E-state index in [-0.39, 0.29) is 11.6 Å². The van der Waals surface area contributed by atoms with Gasteiger partial charge in [0.05, 0.1) is 0 Å². The molecule has 0 unspecified atom stereocenters. The molecule has 1 aromatic heterocycles. The first-order valence-corrected chi connectivity index (χ1v) is 7.83. The third kappa shape index (κ3) is 6.10. The number of urea groups is 1. The molecule has 0 bridgehead atoms. The number of aryl methyl sites for hydroxylation is 1. The van der Waals surface area contributed by atoms with E-state index in [1.54, 1.807) is 0 Å². The number of carbonyl (C=O) groups is 1. The van der Waals surface area contributed by atoms with Gasteiger partial charge in [0.2, 0.25) is 0 Å². The number of aromatic nitrogens is 3. The van der Waals surface area contributed by atoms with Crippen LogP contribution in [0.2, 0.25) is 0 Å². The average molecular weight is 315 g/mol. The Labute approximate surface area is 137 Å². The van der Waals surface area contributed by atoms with Crippen molar-refractivity contribution in [2.45, 2.75) is 46.1 Å². The molecule has 124 valence electrons. The highest BCUT2D eigenvalue weighted by Gasteiger charge is 2.13. The summed E-state index contributed by atoms with van der Waals surface area (Å²) in [7, 11) is 0. The minimum Gasteiger partial charge on any atom is -0.338 e. The number of benzene rings is 1. The highest BCUT2D eigenvalue weighted by atomic mass is 16.2. The number of H-pyrrole nitrogens is 1. The van der Waals surface area contributed by atoms with E-state index in [4.69, 9.17) is 0 Å². The van der Waals surface area contributed by atoms with Crippen molar-refractivity contribution in [3.8, 4) is 0 Å². The Hall–Kier alpha value is -2.37. The summed E-state index contributed by atoms with van der Waals surface area (Å²) < 4.78 is 0. The first-order valence-electron chi connectivity index (χ1n) is 7.83. The molecule has 6 nitrogen and oxygen atoms in total. The van der Waals surface area contributed by atoms with Gasteiger partial charge in [-0.1, -0.05) is 29.8 Å². The van der Waals surface area contributed by atoms with Crippen LogP contribution in [0.4, 0.5) is 4.79 Å². The summed E-state index contributed by atoms with van der Waals surface area (Å²) in [5.74, 6) is 1.55. The maximum Gasteiger partial charge on any atom is 0.315 e. The molecule has 0 aliphatic carbocycles. The van der Waals surface area contributed by atoms with Crippen LogP contribution >= 0.6 is 0 Å². The largest absolute Gasteiger partial charge is 0.338 e. The smallest absolute Gasteiger partial charge is 0.315 e. The lowest BCUT2D eigenvalue weighted by Crippen LogP contribution is -2.46. The van der Waals surface area contributed by atoms with Gasteiger partial charge in [-0.3, -0.25) is 5.10 Å². The van der Waals surface area contributed by atoms with Gasteiger partial charge in [0.25, 0.3) is 0 Å². The van der Waals surface area contributed by atoms with Crippen LogP contribution in [-0.2, 0) is 12.8 Å². The molecular formula is C17H25N5O. The van der Waals surface area contributed by atoms with Crippen LogP contribution in [0.5, 0.6) is 0 Å². The van der Waals surface area contributed by atoms with E-state index in [2.05, 4.69) is 57.0 Å². The number of carbonyl (C=O) groups excluding carboxylic acids is 1. The van der Waals surface area contributed by atoms with Gasteiger partial charge in [0.15, 0.2) is 5.82 Å². The van der Waals surface area contributed by atoms with Crippen LogP contribution < -0.4 is 10.6 Å². The van der Waals surface area contributed by atoms with Gasteiger partial charge in [-0.05, 0) is 33.3 Å².